The van der Waals surface area contributed by atoms with E-state index in [1.165, 1.54) is 5.56 Å². The summed E-state index contributed by atoms with van der Waals surface area (Å²) in [7, 11) is 0. The van der Waals surface area contributed by atoms with E-state index in [0.717, 1.165) is 18.4 Å². The van der Waals surface area contributed by atoms with E-state index in [0.29, 0.717) is 11.5 Å². The van der Waals surface area contributed by atoms with Crippen LogP contribution in [0.3, 0.4) is 0 Å². The van der Waals surface area contributed by atoms with Crippen molar-refractivity contribution in [2.24, 2.45) is 0 Å². The lowest BCUT2D eigenvalue weighted by Gasteiger charge is -2.13. The Bertz CT molecular complexity index is 707. The molecule has 1 aliphatic heterocycles. The molecule has 0 radical (unpaired) electrons. The molecule has 0 aromatic heterocycles. The minimum atomic E-state index is -0.975. The van der Waals surface area contributed by atoms with Crippen LogP contribution in [0.2, 0.25) is 0 Å². The van der Waals surface area contributed by atoms with Crippen molar-refractivity contribution in [1.29, 1.82) is 0 Å². The van der Waals surface area contributed by atoms with E-state index in [1.54, 1.807) is 12.1 Å². The third-order valence-electron chi connectivity index (χ3n) is 3.81. The Kier molecular flexibility index (Phi) is 4.24. The molecule has 0 aliphatic carbocycles. The molecule has 0 amide bonds. The van der Waals surface area contributed by atoms with Crippen molar-refractivity contribution in [3.05, 3.63) is 59.2 Å². The Morgan fingerprint density at radius 2 is 2.04 bits per heavy atom. The maximum Gasteiger partial charge on any atom is 0.335 e. The highest BCUT2D eigenvalue weighted by Gasteiger charge is 2.28. The summed E-state index contributed by atoms with van der Waals surface area (Å²) in [5.74, 6) is 0.267. The smallest absolute Gasteiger partial charge is 0.335 e. The first-order valence-electron chi connectivity index (χ1n) is 7.80. The van der Waals surface area contributed by atoms with Gasteiger partial charge in [0.05, 0.1) is 11.7 Å². The lowest BCUT2D eigenvalue weighted by atomic mass is 10.0. The van der Waals surface area contributed by atoms with Gasteiger partial charge in [-0.3, -0.25) is 0 Å². The third kappa shape index (κ3) is 3.47. The van der Waals surface area contributed by atoms with Gasteiger partial charge in [-0.2, -0.15) is 0 Å². The molecule has 1 aliphatic rings. The van der Waals surface area contributed by atoms with Crippen LogP contribution in [0.1, 0.15) is 35.3 Å². The van der Waals surface area contributed by atoms with E-state index in [1.807, 2.05) is 32.0 Å². The van der Waals surface area contributed by atoms with E-state index in [9.17, 15) is 9.90 Å². The number of carboxylic acids is 1. The van der Waals surface area contributed by atoms with Crippen LogP contribution in [0.25, 0.3) is 0 Å². The van der Waals surface area contributed by atoms with Gasteiger partial charge in [0.2, 0.25) is 0 Å². The largest absolute Gasteiger partial charge is 0.491 e. The summed E-state index contributed by atoms with van der Waals surface area (Å²) in [5.41, 5.74) is 2.36. The van der Waals surface area contributed by atoms with Crippen molar-refractivity contribution in [3.8, 4) is 11.5 Å². The van der Waals surface area contributed by atoms with Gasteiger partial charge in [-0.25, -0.2) is 4.79 Å². The molecule has 2 aromatic rings. The quantitative estimate of drug-likeness (QED) is 0.914. The Morgan fingerprint density at radius 3 is 2.70 bits per heavy atom. The summed E-state index contributed by atoms with van der Waals surface area (Å²) >= 11 is 0. The van der Waals surface area contributed by atoms with E-state index in [-0.39, 0.29) is 17.8 Å². The molecular formula is C19H20O4. The van der Waals surface area contributed by atoms with E-state index in [2.05, 4.69) is 12.1 Å². The SMILES string of the molecule is CC(C)Oc1cc(C(=O)O)cc2c1CC(Cc1ccccc1)O2. The lowest BCUT2D eigenvalue weighted by Crippen LogP contribution is -2.16. The minimum absolute atomic E-state index is 0.00552. The number of hydrogen-bond acceptors (Lipinski definition) is 3. The summed E-state index contributed by atoms with van der Waals surface area (Å²) in [5, 5.41) is 9.26. The summed E-state index contributed by atoms with van der Waals surface area (Å²) < 4.78 is 11.8. The maximum atomic E-state index is 11.3. The molecule has 23 heavy (non-hydrogen) atoms. The second-order valence-corrected chi connectivity index (χ2v) is 6.06. The molecule has 4 heteroatoms. The average Bonchev–Trinajstić information content (AvgIpc) is 2.90. The van der Waals surface area contributed by atoms with Crippen LogP contribution < -0.4 is 9.47 Å². The molecule has 0 bridgehead atoms. The first-order valence-corrected chi connectivity index (χ1v) is 7.80. The molecule has 4 nitrogen and oxygen atoms in total. The second-order valence-electron chi connectivity index (χ2n) is 6.06. The van der Waals surface area contributed by atoms with Gasteiger partial charge < -0.3 is 14.6 Å². The van der Waals surface area contributed by atoms with Gasteiger partial charge in [-0.05, 0) is 31.5 Å². The molecule has 1 heterocycles. The number of aromatic carboxylic acids is 1. The standard InChI is InChI=1S/C19H20O4/c1-12(2)22-17-9-14(19(20)21)10-18-16(17)11-15(23-18)8-13-6-4-3-5-7-13/h3-7,9-10,12,15H,8,11H2,1-2H3,(H,20,21). The highest BCUT2D eigenvalue weighted by atomic mass is 16.5. The van der Waals surface area contributed by atoms with Gasteiger partial charge in [-0.15, -0.1) is 0 Å². The van der Waals surface area contributed by atoms with Gasteiger partial charge in [0.15, 0.2) is 0 Å². The molecule has 2 aromatic carbocycles. The van der Waals surface area contributed by atoms with Crippen LogP contribution in [-0.4, -0.2) is 23.3 Å². The average molecular weight is 312 g/mol. The highest BCUT2D eigenvalue weighted by molar-refractivity contribution is 5.89. The highest BCUT2D eigenvalue weighted by Crippen LogP contribution is 2.38. The molecule has 0 saturated carbocycles. The normalized spacial score (nSPS) is 16.0. The Balaban J connectivity index is 1.86. The van der Waals surface area contributed by atoms with E-state index < -0.39 is 5.97 Å². The van der Waals surface area contributed by atoms with Crippen LogP contribution in [0, 0.1) is 0 Å². The summed E-state index contributed by atoms with van der Waals surface area (Å²) in [6.45, 7) is 3.86. The monoisotopic (exact) mass is 312 g/mol. The van der Waals surface area contributed by atoms with Gasteiger partial charge >= 0.3 is 5.97 Å². The number of benzene rings is 2. The molecule has 0 fully saturated rings. The van der Waals surface area contributed by atoms with Crippen molar-refractivity contribution in [3.63, 3.8) is 0 Å². The fraction of sp³-hybridized carbons (Fsp3) is 0.316. The van der Waals surface area contributed by atoms with Crippen LogP contribution in [0.15, 0.2) is 42.5 Å². The number of carboxylic acid groups (broad SMARTS) is 1. The molecule has 0 spiro atoms. The third-order valence-corrected chi connectivity index (χ3v) is 3.81. The van der Waals surface area contributed by atoms with Gasteiger partial charge in [0.25, 0.3) is 0 Å². The Labute approximate surface area is 135 Å². The zero-order valence-corrected chi connectivity index (χ0v) is 13.3. The van der Waals surface area contributed by atoms with Gasteiger partial charge in [-0.1, -0.05) is 30.3 Å². The molecule has 1 N–H and O–H groups in total. The fourth-order valence-corrected chi connectivity index (χ4v) is 2.85. The van der Waals surface area contributed by atoms with Crippen molar-refractivity contribution >= 4 is 5.97 Å². The predicted molar refractivity (Wildman–Crippen MR) is 87.4 cm³/mol. The summed E-state index contributed by atoms with van der Waals surface area (Å²) in [6.07, 6.45) is 1.51. The van der Waals surface area contributed by atoms with Gasteiger partial charge in [0.1, 0.15) is 17.6 Å². The number of rotatable bonds is 5. The molecule has 120 valence electrons. The summed E-state index contributed by atoms with van der Waals surface area (Å²) in [4.78, 5) is 11.3. The van der Waals surface area contributed by atoms with Crippen molar-refractivity contribution in [1.82, 2.24) is 0 Å². The number of fused-ring (bicyclic) bond motifs is 1. The molecule has 0 saturated heterocycles. The lowest BCUT2D eigenvalue weighted by molar-refractivity contribution is 0.0695. The minimum Gasteiger partial charge on any atom is -0.491 e. The van der Waals surface area contributed by atoms with Crippen molar-refractivity contribution in [2.45, 2.75) is 38.9 Å². The van der Waals surface area contributed by atoms with Crippen LogP contribution in [0.5, 0.6) is 11.5 Å². The number of hydrogen-bond donors (Lipinski definition) is 1. The van der Waals surface area contributed by atoms with E-state index in [4.69, 9.17) is 9.47 Å². The fourth-order valence-electron chi connectivity index (χ4n) is 2.85. The first kappa shape index (κ1) is 15.4. The topological polar surface area (TPSA) is 55.8 Å². The maximum absolute atomic E-state index is 11.3. The van der Waals surface area contributed by atoms with E-state index >= 15 is 0 Å². The molecule has 1 atom stereocenters. The first-order chi connectivity index (χ1) is 11.0. The van der Waals surface area contributed by atoms with Crippen LogP contribution in [-0.2, 0) is 12.8 Å². The second kappa shape index (κ2) is 6.32. The zero-order valence-electron chi connectivity index (χ0n) is 13.3. The number of carbonyl (C=O) groups is 1. The Hall–Kier alpha value is -2.49. The van der Waals surface area contributed by atoms with Crippen LogP contribution >= 0.6 is 0 Å². The van der Waals surface area contributed by atoms with Gasteiger partial charge in [0, 0.05) is 18.4 Å². The Morgan fingerprint density at radius 1 is 1.30 bits per heavy atom. The number of ether oxygens (including phenoxy) is 2. The molecule has 3 rings (SSSR count). The predicted octanol–water partition coefficient (Wildman–Crippen LogP) is 3.72. The van der Waals surface area contributed by atoms with Crippen molar-refractivity contribution in [2.75, 3.05) is 0 Å². The van der Waals surface area contributed by atoms with Crippen LogP contribution in [0.4, 0.5) is 0 Å². The zero-order chi connectivity index (χ0) is 16.4. The molecule has 1 unspecified atom stereocenters. The van der Waals surface area contributed by atoms with Crippen molar-refractivity contribution < 1.29 is 19.4 Å². The molecular weight excluding hydrogens is 292 g/mol. The summed E-state index contributed by atoms with van der Waals surface area (Å²) in [6, 6.07) is 13.3.